The van der Waals surface area contributed by atoms with Crippen molar-refractivity contribution in [2.45, 2.75) is 6.92 Å². The Hall–Kier alpha value is -2.47. The summed E-state index contributed by atoms with van der Waals surface area (Å²) in [5.41, 5.74) is 7.65. The van der Waals surface area contributed by atoms with E-state index in [4.69, 9.17) is 12.2 Å². The lowest BCUT2D eigenvalue weighted by Crippen LogP contribution is -2.43. The van der Waals surface area contributed by atoms with Gasteiger partial charge in [0.1, 0.15) is 0 Å². The van der Waals surface area contributed by atoms with Gasteiger partial charge in [-0.2, -0.15) is 0 Å². The molecule has 0 aliphatic heterocycles. The van der Waals surface area contributed by atoms with E-state index < -0.39 is 0 Å². The normalized spacial score (nSPS) is 9.65. The van der Waals surface area contributed by atoms with Gasteiger partial charge in [-0.1, -0.05) is 12.1 Å². The zero-order chi connectivity index (χ0) is 14.4. The predicted octanol–water partition coefficient (Wildman–Crippen LogP) is 2.02. The zero-order valence-corrected chi connectivity index (χ0v) is 11.7. The van der Waals surface area contributed by atoms with E-state index in [1.54, 1.807) is 24.5 Å². The predicted molar refractivity (Wildman–Crippen MR) is 82.2 cm³/mol. The first kappa shape index (κ1) is 14.0. The number of thiocarbonyl (C=S) groups is 1. The SMILES string of the molecule is Cc1cccc(NC(=S)NNC(=O)c2ccncc2)c1. The minimum atomic E-state index is -0.277. The first-order valence-corrected chi connectivity index (χ1v) is 6.40. The van der Waals surface area contributed by atoms with Crippen molar-refractivity contribution < 1.29 is 4.79 Å². The van der Waals surface area contributed by atoms with Crippen molar-refractivity contribution >= 4 is 28.9 Å². The molecule has 0 saturated heterocycles. The van der Waals surface area contributed by atoms with Gasteiger partial charge in [0.05, 0.1) is 0 Å². The van der Waals surface area contributed by atoms with E-state index in [1.165, 1.54) is 0 Å². The molecule has 1 heterocycles. The van der Waals surface area contributed by atoms with E-state index in [0.717, 1.165) is 11.3 Å². The van der Waals surface area contributed by atoms with Gasteiger partial charge in [-0.05, 0) is 49.0 Å². The van der Waals surface area contributed by atoms with Gasteiger partial charge < -0.3 is 5.32 Å². The second-order valence-corrected chi connectivity index (χ2v) is 4.55. The fraction of sp³-hybridized carbons (Fsp3) is 0.0714. The molecular weight excluding hydrogens is 272 g/mol. The Kier molecular flexibility index (Phi) is 4.62. The molecule has 1 aromatic heterocycles. The van der Waals surface area contributed by atoms with Gasteiger partial charge in [-0.3, -0.25) is 20.6 Å². The first-order valence-electron chi connectivity index (χ1n) is 5.99. The highest BCUT2D eigenvalue weighted by molar-refractivity contribution is 7.80. The van der Waals surface area contributed by atoms with Crippen LogP contribution in [0.1, 0.15) is 15.9 Å². The monoisotopic (exact) mass is 286 g/mol. The van der Waals surface area contributed by atoms with Crippen LogP contribution in [-0.2, 0) is 0 Å². The molecule has 6 heteroatoms. The Balaban J connectivity index is 1.85. The van der Waals surface area contributed by atoms with E-state index in [9.17, 15) is 4.79 Å². The highest BCUT2D eigenvalue weighted by Gasteiger charge is 2.04. The molecule has 2 aromatic rings. The highest BCUT2D eigenvalue weighted by atomic mass is 32.1. The van der Waals surface area contributed by atoms with E-state index in [-0.39, 0.29) is 5.91 Å². The van der Waals surface area contributed by atoms with Crippen LogP contribution in [0.15, 0.2) is 48.8 Å². The summed E-state index contributed by atoms with van der Waals surface area (Å²) in [4.78, 5) is 15.6. The minimum absolute atomic E-state index is 0.277. The number of amides is 1. The Bertz CT molecular complexity index is 616. The van der Waals surface area contributed by atoms with Crippen molar-refractivity contribution in [3.63, 3.8) is 0 Å². The summed E-state index contributed by atoms with van der Waals surface area (Å²) in [6.07, 6.45) is 3.11. The quantitative estimate of drug-likeness (QED) is 0.582. The number of hydrogen-bond donors (Lipinski definition) is 3. The number of anilines is 1. The average molecular weight is 286 g/mol. The number of carbonyl (C=O) groups is 1. The maximum Gasteiger partial charge on any atom is 0.269 e. The molecule has 1 aromatic carbocycles. The maximum atomic E-state index is 11.8. The van der Waals surface area contributed by atoms with Gasteiger partial charge in [0.15, 0.2) is 5.11 Å². The number of hydrogen-bond acceptors (Lipinski definition) is 3. The summed E-state index contributed by atoms with van der Waals surface area (Å²) in [5, 5.41) is 3.30. The summed E-state index contributed by atoms with van der Waals surface area (Å²) >= 11 is 5.10. The number of nitrogens with zero attached hydrogens (tertiary/aromatic N) is 1. The van der Waals surface area contributed by atoms with Crippen LogP contribution in [-0.4, -0.2) is 16.0 Å². The molecule has 0 aliphatic carbocycles. The van der Waals surface area contributed by atoms with Crippen molar-refractivity contribution in [2.24, 2.45) is 0 Å². The van der Waals surface area contributed by atoms with Crippen LogP contribution < -0.4 is 16.2 Å². The zero-order valence-electron chi connectivity index (χ0n) is 10.9. The molecule has 5 nitrogen and oxygen atoms in total. The molecule has 0 atom stereocenters. The van der Waals surface area contributed by atoms with E-state index in [0.29, 0.717) is 10.7 Å². The highest BCUT2D eigenvalue weighted by Crippen LogP contribution is 2.08. The molecule has 0 spiro atoms. The average Bonchev–Trinajstić information content (AvgIpc) is 2.46. The maximum absolute atomic E-state index is 11.8. The second-order valence-electron chi connectivity index (χ2n) is 4.14. The third-order valence-electron chi connectivity index (χ3n) is 2.51. The molecule has 20 heavy (non-hydrogen) atoms. The van der Waals surface area contributed by atoms with E-state index >= 15 is 0 Å². The lowest BCUT2D eigenvalue weighted by atomic mass is 10.2. The van der Waals surface area contributed by atoms with Gasteiger partial charge in [0.2, 0.25) is 0 Å². The van der Waals surface area contributed by atoms with E-state index in [1.807, 2.05) is 31.2 Å². The molecule has 0 radical (unpaired) electrons. The topological polar surface area (TPSA) is 66.0 Å². The molecule has 102 valence electrons. The van der Waals surface area contributed by atoms with Crippen molar-refractivity contribution in [1.29, 1.82) is 0 Å². The third-order valence-corrected chi connectivity index (χ3v) is 2.71. The minimum Gasteiger partial charge on any atom is -0.331 e. The third kappa shape index (κ3) is 4.03. The van der Waals surface area contributed by atoms with Crippen molar-refractivity contribution in [1.82, 2.24) is 15.8 Å². The molecule has 0 bridgehead atoms. The largest absolute Gasteiger partial charge is 0.331 e. The summed E-state index contributed by atoms with van der Waals surface area (Å²) in [5.74, 6) is -0.277. The van der Waals surface area contributed by atoms with Crippen LogP contribution in [0.25, 0.3) is 0 Å². The molecule has 0 unspecified atom stereocenters. The number of aromatic nitrogens is 1. The van der Waals surface area contributed by atoms with Gasteiger partial charge in [0.25, 0.3) is 5.91 Å². The Morgan fingerprint density at radius 3 is 2.60 bits per heavy atom. The number of benzene rings is 1. The number of pyridine rings is 1. The van der Waals surface area contributed by atoms with Crippen molar-refractivity contribution in [2.75, 3.05) is 5.32 Å². The Morgan fingerprint density at radius 1 is 1.15 bits per heavy atom. The van der Waals surface area contributed by atoms with Crippen LogP contribution in [0.2, 0.25) is 0 Å². The van der Waals surface area contributed by atoms with Crippen LogP contribution in [0.3, 0.4) is 0 Å². The van der Waals surface area contributed by atoms with E-state index in [2.05, 4.69) is 21.2 Å². The molecule has 2 rings (SSSR count). The van der Waals surface area contributed by atoms with Crippen LogP contribution in [0.5, 0.6) is 0 Å². The molecule has 3 N–H and O–H groups in total. The lowest BCUT2D eigenvalue weighted by molar-refractivity contribution is 0.0944. The molecule has 1 amide bonds. The van der Waals surface area contributed by atoms with Crippen LogP contribution in [0, 0.1) is 6.92 Å². The Labute approximate surface area is 122 Å². The standard InChI is InChI=1S/C14H14N4OS/c1-10-3-2-4-12(9-10)16-14(20)18-17-13(19)11-5-7-15-8-6-11/h2-9H,1H3,(H,17,19)(H2,16,18,20). The van der Waals surface area contributed by atoms with Gasteiger partial charge in [-0.25, -0.2) is 0 Å². The summed E-state index contributed by atoms with van der Waals surface area (Å²) in [7, 11) is 0. The smallest absolute Gasteiger partial charge is 0.269 e. The van der Waals surface area contributed by atoms with Crippen molar-refractivity contribution in [3.8, 4) is 0 Å². The molecule has 0 saturated carbocycles. The summed E-state index contributed by atoms with van der Waals surface area (Å²) in [6.45, 7) is 1.99. The van der Waals surface area contributed by atoms with Gasteiger partial charge in [-0.15, -0.1) is 0 Å². The molecule has 0 fully saturated rings. The number of hydrazine groups is 1. The fourth-order valence-electron chi connectivity index (χ4n) is 1.57. The van der Waals surface area contributed by atoms with Crippen molar-refractivity contribution in [3.05, 3.63) is 59.9 Å². The number of nitrogens with one attached hydrogen (secondary N) is 3. The molecular formula is C14H14N4OS. The first-order chi connectivity index (χ1) is 9.65. The number of aryl methyl sites for hydroxylation is 1. The summed E-state index contributed by atoms with van der Waals surface area (Å²) in [6, 6.07) is 11.0. The van der Waals surface area contributed by atoms with Gasteiger partial charge >= 0.3 is 0 Å². The van der Waals surface area contributed by atoms with Crippen LogP contribution >= 0.6 is 12.2 Å². The number of carbonyl (C=O) groups excluding carboxylic acids is 1. The van der Waals surface area contributed by atoms with Crippen LogP contribution in [0.4, 0.5) is 5.69 Å². The fourth-order valence-corrected chi connectivity index (χ4v) is 1.74. The lowest BCUT2D eigenvalue weighted by Gasteiger charge is -2.11. The summed E-state index contributed by atoms with van der Waals surface area (Å²) < 4.78 is 0. The second kappa shape index (κ2) is 6.63. The van der Waals surface area contributed by atoms with Gasteiger partial charge in [0, 0.05) is 23.6 Å². The number of rotatable bonds is 2. The Morgan fingerprint density at radius 2 is 1.90 bits per heavy atom. The molecule has 0 aliphatic rings.